The lowest BCUT2D eigenvalue weighted by molar-refractivity contribution is -0.148. The van der Waals surface area contributed by atoms with Gasteiger partial charge in [-0.3, -0.25) is 9.59 Å². The maximum Gasteiger partial charge on any atom is 0.408 e. The molecule has 0 spiro atoms. The van der Waals surface area contributed by atoms with Crippen LogP contribution in [0.1, 0.15) is 85.0 Å². The van der Waals surface area contributed by atoms with Crippen LogP contribution >= 0.6 is 12.6 Å². The molecule has 2 atom stereocenters. The molecule has 1 rings (SSSR count). The van der Waals surface area contributed by atoms with E-state index in [0.29, 0.717) is 0 Å². The van der Waals surface area contributed by atoms with Gasteiger partial charge in [-0.25, -0.2) is 4.79 Å². The minimum absolute atomic E-state index is 0.0466. The van der Waals surface area contributed by atoms with Gasteiger partial charge in [-0.1, -0.05) is 18.2 Å². The first-order chi connectivity index (χ1) is 15.3. The molecule has 2 N–H and O–H groups in total. The fraction of sp³-hybridized carbons (Fsp3) is 0.654. The van der Waals surface area contributed by atoms with Crippen LogP contribution in [0.25, 0.3) is 0 Å². The van der Waals surface area contributed by atoms with E-state index in [1.807, 2.05) is 73.6 Å². The lowest BCUT2D eigenvalue weighted by Gasteiger charge is -2.44. The van der Waals surface area contributed by atoms with Crippen molar-refractivity contribution in [1.29, 1.82) is 0 Å². The summed E-state index contributed by atoms with van der Waals surface area (Å²) in [6.07, 6.45) is -0.712. The van der Waals surface area contributed by atoms with Crippen LogP contribution in [0.15, 0.2) is 18.2 Å². The molecule has 0 saturated heterocycles. The third-order valence-electron chi connectivity index (χ3n) is 4.95. The van der Waals surface area contributed by atoms with Crippen LogP contribution in [-0.2, 0) is 14.3 Å². The maximum absolute atomic E-state index is 14.0. The molecule has 1 aromatic carbocycles. The minimum Gasteiger partial charge on any atom is -0.444 e. The van der Waals surface area contributed by atoms with Gasteiger partial charge in [0.15, 0.2) is 0 Å². The highest BCUT2D eigenvalue weighted by atomic mass is 32.1. The number of ether oxygens (including phenoxy) is 1. The maximum atomic E-state index is 14.0. The fourth-order valence-corrected chi connectivity index (χ4v) is 3.97. The molecular weight excluding hydrogens is 450 g/mol. The summed E-state index contributed by atoms with van der Waals surface area (Å²) >= 11 is 4.33. The molecule has 3 amide bonds. The molecule has 0 aliphatic rings. The standard InChI is InChI=1S/C26H43N3O4S/c1-16-13-12-14-17(2)19(16)20(21(30)28-24(3,4)5)29(25(6,7)8)22(31)18(15-34)27-23(32)33-26(9,10)11/h12-14,18,20,34H,15H2,1-11H3,(H,27,32)(H,28,30). The van der Waals surface area contributed by atoms with Gasteiger partial charge >= 0.3 is 6.09 Å². The van der Waals surface area contributed by atoms with Crippen molar-refractivity contribution in [2.24, 2.45) is 0 Å². The second kappa shape index (κ2) is 11.0. The predicted molar refractivity (Wildman–Crippen MR) is 140 cm³/mol. The predicted octanol–water partition coefficient (Wildman–Crippen LogP) is 4.71. The lowest BCUT2D eigenvalue weighted by atomic mass is 9.89. The molecule has 0 heterocycles. The molecule has 1 aromatic rings. The van der Waals surface area contributed by atoms with Crippen LogP contribution in [0.3, 0.4) is 0 Å². The van der Waals surface area contributed by atoms with Crippen molar-refractivity contribution in [2.45, 2.75) is 105 Å². The molecule has 0 bridgehead atoms. The molecule has 192 valence electrons. The first-order valence-electron chi connectivity index (χ1n) is 11.6. The number of carbonyl (C=O) groups is 3. The van der Waals surface area contributed by atoms with E-state index < -0.39 is 40.8 Å². The second-order valence-corrected chi connectivity index (χ2v) is 12.1. The zero-order valence-electron chi connectivity index (χ0n) is 22.6. The highest BCUT2D eigenvalue weighted by molar-refractivity contribution is 7.80. The van der Waals surface area contributed by atoms with Gasteiger partial charge in [0.05, 0.1) is 0 Å². The first kappa shape index (κ1) is 29.8. The van der Waals surface area contributed by atoms with E-state index in [1.165, 1.54) is 0 Å². The molecule has 8 heteroatoms. The van der Waals surface area contributed by atoms with Crippen molar-refractivity contribution < 1.29 is 19.1 Å². The van der Waals surface area contributed by atoms with E-state index in [0.717, 1.165) is 16.7 Å². The Kier molecular flexibility index (Phi) is 9.66. The summed E-state index contributed by atoms with van der Waals surface area (Å²) in [5, 5.41) is 5.68. The van der Waals surface area contributed by atoms with Crippen molar-refractivity contribution in [1.82, 2.24) is 15.5 Å². The smallest absolute Gasteiger partial charge is 0.408 e. The zero-order valence-corrected chi connectivity index (χ0v) is 23.5. The van der Waals surface area contributed by atoms with E-state index in [9.17, 15) is 14.4 Å². The van der Waals surface area contributed by atoms with Gasteiger partial charge < -0.3 is 20.3 Å². The van der Waals surface area contributed by atoms with E-state index in [2.05, 4.69) is 23.3 Å². The van der Waals surface area contributed by atoms with Gasteiger partial charge in [-0.2, -0.15) is 12.6 Å². The number of aryl methyl sites for hydroxylation is 2. The molecule has 0 radical (unpaired) electrons. The summed E-state index contributed by atoms with van der Waals surface area (Å²) in [4.78, 5) is 41.7. The molecule has 0 aliphatic carbocycles. The molecule has 7 nitrogen and oxygen atoms in total. The van der Waals surface area contributed by atoms with Gasteiger partial charge in [0.2, 0.25) is 11.8 Å². The highest BCUT2D eigenvalue weighted by Gasteiger charge is 2.43. The number of alkyl carbamates (subject to hydrolysis) is 1. The Labute approximate surface area is 210 Å². The van der Waals surface area contributed by atoms with Gasteiger partial charge in [0, 0.05) is 16.8 Å². The molecular formula is C26H43N3O4S. The Balaban J connectivity index is 3.62. The van der Waals surface area contributed by atoms with Crippen LogP contribution in [0.5, 0.6) is 0 Å². The molecule has 0 fully saturated rings. The number of nitrogens with zero attached hydrogens (tertiary/aromatic N) is 1. The number of carbonyl (C=O) groups excluding carboxylic acids is 3. The topological polar surface area (TPSA) is 87.7 Å². The molecule has 0 aromatic heterocycles. The Morgan fingerprint density at radius 1 is 0.971 bits per heavy atom. The van der Waals surface area contributed by atoms with Crippen LogP contribution in [0, 0.1) is 13.8 Å². The van der Waals surface area contributed by atoms with Gasteiger partial charge in [0.1, 0.15) is 17.7 Å². The number of thiol groups is 1. The van der Waals surface area contributed by atoms with E-state index in [-0.39, 0.29) is 11.7 Å². The summed E-state index contributed by atoms with van der Waals surface area (Å²) < 4.78 is 5.35. The highest BCUT2D eigenvalue weighted by Crippen LogP contribution is 2.34. The lowest BCUT2D eigenvalue weighted by Crippen LogP contribution is -2.60. The van der Waals surface area contributed by atoms with Gasteiger partial charge in [-0.05, 0) is 92.9 Å². The Morgan fingerprint density at radius 2 is 1.47 bits per heavy atom. The summed E-state index contributed by atoms with van der Waals surface area (Å²) in [6, 6.07) is 3.90. The second-order valence-electron chi connectivity index (χ2n) is 11.7. The van der Waals surface area contributed by atoms with Crippen LogP contribution in [-0.4, -0.2) is 51.3 Å². The monoisotopic (exact) mass is 493 g/mol. The molecule has 2 unspecified atom stereocenters. The zero-order chi connectivity index (χ0) is 26.6. The molecule has 34 heavy (non-hydrogen) atoms. The average molecular weight is 494 g/mol. The summed E-state index contributed by atoms with van der Waals surface area (Å²) in [6.45, 7) is 20.4. The largest absolute Gasteiger partial charge is 0.444 e. The molecule has 0 aliphatic heterocycles. The Hall–Kier alpha value is -2.22. The SMILES string of the molecule is Cc1cccc(C)c1C(C(=O)NC(C)(C)C)N(C(=O)C(CS)NC(=O)OC(C)(C)C)C(C)(C)C. The van der Waals surface area contributed by atoms with Crippen LogP contribution in [0.4, 0.5) is 4.79 Å². The third kappa shape index (κ3) is 8.53. The number of hydrogen-bond acceptors (Lipinski definition) is 5. The number of rotatable bonds is 6. The van der Waals surface area contributed by atoms with Crippen molar-refractivity contribution in [2.75, 3.05) is 5.75 Å². The van der Waals surface area contributed by atoms with Gasteiger partial charge in [0.25, 0.3) is 0 Å². The molecule has 0 saturated carbocycles. The van der Waals surface area contributed by atoms with E-state index >= 15 is 0 Å². The van der Waals surface area contributed by atoms with Gasteiger partial charge in [-0.15, -0.1) is 0 Å². The normalized spacial score (nSPS) is 14.1. The van der Waals surface area contributed by atoms with Crippen LogP contribution < -0.4 is 10.6 Å². The quantitative estimate of drug-likeness (QED) is 0.501. The first-order valence-corrected chi connectivity index (χ1v) is 12.2. The number of nitrogens with one attached hydrogen (secondary N) is 2. The summed E-state index contributed by atoms with van der Waals surface area (Å²) in [5.41, 5.74) is 0.601. The summed E-state index contributed by atoms with van der Waals surface area (Å²) in [7, 11) is 0. The van der Waals surface area contributed by atoms with E-state index in [4.69, 9.17) is 4.74 Å². The van der Waals surface area contributed by atoms with Crippen LogP contribution in [0.2, 0.25) is 0 Å². The average Bonchev–Trinajstić information content (AvgIpc) is 2.60. The number of benzene rings is 1. The Morgan fingerprint density at radius 3 is 1.85 bits per heavy atom. The van der Waals surface area contributed by atoms with Crippen molar-refractivity contribution in [3.8, 4) is 0 Å². The van der Waals surface area contributed by atoms with E-state index in [1.54, 1.807) is 25.7 Å². The fourth-order valence-electron chi connectivity index (χ4n) is 3.72. The Bertz CT molecular complexity index is 875. The summed E-state index contributed by atoms with van der Waals surface area (Å²) in [5.74, 6) is -0.654. The van der Waals surface area contributed by atoms with Crippen molar-refractivity contribution in [3.63, 3.8) is 0 Å². The van der Waals surface area contributed by atoms with Crippen molar-refractivity contribution in [3.05, 3.63) is 34.9 Å². The third-order valence-corrected chi connectivity index (χ3v) is 5.32. The number of hydrogen-bond donors (Lipinski definition) is 3. The number of amides is 3. The van der Waals surface area contributed by atoms with Crippen molar-refractivity contribution >= 4 is 30.5 Å². The minimum atomic E-state index is -0.980.